The third kappa shape index (κ3) is 3.08. The minimum Gasteiger partial charge on any atom is -0.477 e. The van der Waals surface area contributed by atoms with E-state index in [0.29, 0.717) is 16.6 Å². The van der Waals surface area contributed by atoms with E-state index in [0.717, 1.165) is 11.3 Å². The van der Waals surface area contributed by atoms with Gasteiger partial charge in [-0.2, -0.15) is 5.10 Å². The van der Waals surface area contributed by atoms with Crippen LogP contribution in [0.4, 0.5) is 5.82 Å². The lowest BCUT2D eigenvalue weighted by Crippen LogP contribution is -2.08. The van der Waals surface area contributed by atoms with Gasteiger partial charge in [0, 0.05) is 5.02 Å². The number of rotatable bonds is 5. The highest BCUT2D eigenvalue weighted by Crippen LogP contribution is 2.27. The van der Waals surface area contributed by atoms with Crippen molar-refractivity contribution in [2.75, 3.05) is 11.5 Å². The maximum Gasteiger partial charge on any atom is 0.342 e. The Hall–Kier alpha value is -1.66. The van der Waals surface area contributed by atoms with Crippen molar-refractivity contribution in [1.82, 2.24) is 9.78 Å². The molecule has 0 aliphatic rings. The van der Waals surface area contributed by atoms with E-state index in [4.69, 9.17) is 17.3 Å². The normalized spacial score (nSPS) is 10.7. The first kappa shape index (κ1) is 14.7. The van der Waals surface area contributed by atoms with E-state index in [-0.39, 0.29) is 11.4 Å². The molecule has 1 aromatic heterocycles. The van der Waals surface area contributed by atoms with Gasteiger partial charge < -0.3 is 10.8 Å². The van der Waals surface area contributed by atoms with E-state index in [9.17, 15) is 9.90 Å². The Kier molecular flexibility index (Phi) is 4.57. The molecule has 2 aromatic rings. The van der Waals surface area contributed by atoms with Gasteiger partial charge in [0.05, 0.1) is 6.54 Å². The van der Waals surface area contributed by atoms with E-state index < -0.39 is 5.97 Å². The predicted octanol–water partition coefficient (Wildman–Crippen LogP) is 2.98. The number of halogens is 1. The zero-order valence-corrected chi connectivity index (χ0v) is 12.4. The Bertz CT molecular complexity index is 643. The monoisotopic (exact) mass is 311 g/mol. The van der Waals surface area contributed by atoms with Crippen LogP contribution in [0.2, 0.25) is 5.02 Å². The molecule has 2 rings (SSSR count). The number of nitrogen functional groups attached to an aromatic ring is 1. The van der Waals surface area contributed by atoms with Crippen LogP contribution in [0.15, 0.2) is 29.3 Å². The quantitative estimate of drug-likeness (QED) is 0.830. The first-order valence-corrected chi connectivity index (χ1v) is 7.36. The standard InChI is InChI=1S/C13H14ClN3O2S/c1-2-20-12-10(13(18)19)11(15)17(16-12)7-8-4-3-5-9(14)6-8/h3-6H,2,7,15H2,1H3,(H,18,19). The number of carboxylic acid groups (broad SMARTS) is 1. The van der Waals surface area contributed by atoms with Crippen LogP contribution in [0, 0.1) is 0 Å². The molecule has 5 nitrogen and oxygen atoms in total. The molecule has 0 amide bonds. The molecule has 0 saturated heterocycles. The third-order valence-electron chi connectivity index (χ3n) is 2.68. The SMILES string of the molecule is CCSc1nn(Cc2cccc(Cl)c2)c(N)c1C(=O)O. The first-order valence-electron chi connectivity index (χ1n) is 5.99. The number of benzene rings is 1. The van der Waals surface area contributed by atoms with Gasteiger partial charge in [-0.05, 0) is 23.4 Å². The van der Waals surface area contributed by atoms with Gasteiger partial charge in [0.1, 0.15) is 16.4 Å². The van der Waals surface area contributed by atoms with Crippen LogP contribution in [0.25, 0.3) is 0 Å². The molecule has 1 heterocycles. The molecule has 0 aliphatic carbocycles. The van der Waals surface area contributed by atoms with Crippen LogP contribution in [0.5, 0.6) is 0 Å². The number of thioether (sulfide) groups is 1. The fourth-order valence-corrected chi connectivity index (χ4v) is 2.80. The van der Waals surface area contributed by atoms with Gasteiger partial charge in [-0.25, -0.2) is 9.48 Å². The van der Waals surface area contributed by atoms with E-state index >= 15 is 0 Å². The molecule has 0 unspecified atom stereocenters. The molecule has 0 bridgehead atoms. The minimum atomic E-state index is -1.06. The number of aromatic carboxylic acids is 1. The van der Waals surface area contributed by atoms with Crippen molar-refractivity contribution in [1.29, 1.82) is 0 Å². The summed E-state index contributed by atoms with van der Waals surface area (Å²) < 4.78 is 1.49. The second kappa shape index (κ2) is 6.19. The Labute approximate surface area is 125 Å². The summed E-state index contributed by atoms with van der Waals surface area (Å²) in [5, 5.41) is 14.6. The fourth-order valence-electron chi connectivity index (χ4n) is 1.82. The number of nitrogens with two attached hydrogens (primary N) is 1. The first-order chi connectivity index (χ1) is 9.52. The highest BCUT2D eigenvalue weighted by Gasteiger charge is 2.21. The summed E-state index contributed by atoms with van der Waals surface area (Å²) in [5.74, 6) is -0.169. The van der Waals surface area contributed by atoms with Crippen molar-refractivity contribution in [2.45, 2.75) is 18.5 Å². The maximum atomic E-state index is 11.3. The summed E-state index contributed by atoms with van der Waals surface area (Å²) in [6, 6.07) is 7.30. The van der Waals surface area contributed by atoms with Gasteiger partial charge in [-0.1, -0.05) is 30.7 Å². The minimum absolute atomic E-state index is 0.0684. The van der Waals surface area contributed by atoms with Gasteiger partial charge in [0.15, 0.2) is 0 Å². The second-order valence-electron chi connectivity index (χ2n) is 4.09. The van der Waals surface area contributed by atoms with Crippen LogP contribution in [0.1, 0.15) is 22.8 Å². The smallest absolute Gasteiger partial charge is 0.342 e. The van der Waals surface area contributed by atoms with Crippen LogP contribution in [-0.2, 0) is 6.54 Å². The number of aromatic nitrogens is 2. The summed E-state index contributed by atoms with van der Waals surface area (Å²) in [5.41, 5.74) is 6.88. The van der Waals surface area contributed by atoms with Crippen LogP contribution >= 0.6 is 23.4 Å². The van der Waals surface area contributed by atoms with Crippen molar-refractivity contribution in [3.8, 4) is 0 Å². The van der Waals surface area contributed by atoms with Crippen molar-refractivity contribution < 1.29 is 9.90 Å². The van der Waals surface area contributed by atoms with Crippen molar-refractivity contribution in [3.63, 3.8) is 0 Å². The van der Waals surface area contributed by atoms with Crippen molar-refractivity contribution >= 4 is 35.1 Å². The van der Waals surface area contributed by atoms with Crippen molar-refractivity contribution in [2.24, 2.45) is 0 Å². The predicted molar refractivity (Wildman–Crippen MR) is 80.6 cm³/mol. The van der Waals surface area contributed by atoms with E-state index in [1.807, 2.05) is 19.1 Å². The third-order valence-corrected chi connectivity index (χ3v) is 3.76. The summed E-state index contributed by atoms with van der Waals surface area (Å²) in [7, 11) is 0. The molecule has 0 fully saturated rings. The summed E-state index contributed by atoms with van der Waals surface area (Å²) in [6.07, 6.45) is 0. The molecule has 0 radical (unpaired) electrons. The van der Waals surface area contributed by atoms with Gasteiger partial charge in [0.25, 0.3) is 0 Å². The van der Waals surface area contributed by atoms with Gasteiger partial charge in [-0.3, -0.25) is 0 Å². The lowest BCUT2D eigenvalue weighted by molar-refractivity contribution is 0.0694. The lowest BCUT2D eigenvalue weighted by Gasteiger charge is -2.04. The Morgan fingerprint density at radius 3 is 2.90 bits per heavy atom. The summed E-state index contributed by atoms with van der Waals surface area (Å²) in [4.78, 5) is 11.3. The van der Waals surface area contributed by atoms with Crippen LogP contribution in [0.3, 0.4) is 0 Å². The molecule has 3 N–H and O–H groups in total. The average molecular weight is 312 g/mol. The lowest BCUT2D eigenvalue weighted by atomic mass is 10.2. The molecule has 1 aromatic carbocycles. The largest absolute Gasteiger partial charge is 0.477 e. The highest BCUT2D eigenvalue weighted by atomic mass is 35.5. The number of hydrogen-bond donors (Lipinski definition) is 2. The van der Waals surface area contributed by atoms with E-state index in [1.165, 1.54) is 16.4 Å². The zero-order valence-electron chi connectivity index (χ0n) is 10.8. The summed E-state index contributed by atoms with van der Waals surface area (Å²) >= 11 is 7.29. The topological polar surface area (TPSA) is 81.1 Å². The molecule has 0 spiro atoms. The van der Waals surface area contributed by atoms with Gasteiger partial charge >= 0.3 is 5.97 Å². The second-order valence-corrected chi connectivity index (χ2v) is 5.78. The number of nitrogens with zero attached hydrogens (tertiary/aromatic N) is 2. The number of anilines is 1. The Balaban J connectivity index is 2.37. The van der Waals surface area contributed by atoms with E-state index in [1.54, 1.807) is 12.1 Å². The van der Waals surface area contributed by atoms with Crippen LogP contribution < -0.4 is 5.73 Å². The Morgan fingerprint density at radius 1 is 1.55 bits per heavy atom. The van der Waals surface area contributed by atoms with Crippen molar-refractivity contribution in [3.05, 3.63) is 40.4 Å². The number of hydrogen-bond acceptors (Lipinski definition) is 4. The average Bonchev–Trinajstić information content (AvgIpc) is 2.66. The number of carboxylic acids is 1. The summed E-state index contributed by atoms with van der Waals surface area (Å²) in [6.45, 7) is 2.32. The molecule has 0 saturated carbocycles. The van der Waals surface area contributed by atoms with Crippen LogP contribution in [-0.4, -0.2) is 26.6 Å². The molecular formula is C13H14ClN3O2S. The molecule has 0 atom stereocenters. The zero-order chi connectivity index (χ0) is 14.7. The Morgan fingerprint density at radius 2 is 2.30 bits per heavy atom. The fraction of sp³-hybridized carbons (Fsp3) is 0.231. The molecule has 0 aliphatic heterocycles. The number of carbonyl (C=O) groups is 1. The molecular weight excluding hydrogens is 298 g/mol. The van der Waals surface area contributed by atoms with E-state index in [2.05, 4.69) is 5.10 Å². The van der Waals surface area contributed by atoms with Gasteiger partial charge in [-0.15, -0.1) is 11.8 Å². The van der Waals surface area contributed by atoms with Gasteiger partial charge in [0.2, 0.25) is 0 Å². The molecule has 106 valence electrons. The molecule has 7 heteroatoms. The highest BCUT2D eigenvalue weighted by molar-refractivity contribution is 7.99. The maximum absolute atomic E-state index is 11.3. The molecule has 20 heavy (non-hydrogen) atoms.